The van der Waals surface area contributed by atoms with E-state index in [2.05, 4.69) is 28.1 Å². The van der Waals surface area contributed by atoms with Crippen LogP contribution in [0.4, 0.5) is 13.2 Å². The van der Waals surface area contributed by atoms with E-state index in [-0.39, 0.29) is 0 Å². The van der Waals surface area contributed by atoms with E-state index in [1.165, 1.54) is 17.7 Å². The summed E-state index contributed by atoms with van der Waals surface area (Å²) in [6.07, 6.45) is -0.209. The monoisotopic (exact) mass is 424 g/mol. The van der Waals surface area contributed by atoms with Gasteiger partial charge in [0.2, 0.25) is 0 Å². The summed E-state index contributed by atoms with van der Waals surface area (Å²) in [5, 5.41) is 3.37. The summed E-state index contributed by atoms with van der Waals surface area (Å²) < 4.78 is 44.1. The third kappa shape index (κ3) is 6.74. The maximum Gasteiger partial charge on any atom is 0.416 e. The molecule has 0 bridgehead atoms. The van der Waals surface area contributed by atoms with Crippen molar-refractivity contribution < 1.29 is 17.9 Å². The number of guanidine groups is 1. The van der Waals surface area contributed by atoms with Crippen LogP contribution in [0, 0.1) is 0 Å². The highest BCUT2D eigenvalue weighted by atomic mass is 19.4. The quantitative estimate of drug-likeness (QED) is 0.431. The topological polar surface area (TPSA) is 40.1 Å². The lowest BCUT2D eigenvalue weighted by atomic mass is 10.1. The number of halogens is 3. The second-order valence-electron chi connectivity index (χ2n) is 7.63. The molecular formula is C22H31F3N4O. The van der Waals surface area contributed by atoms with Crippen molar-refractivity contribution in [2.45, 2.75) is 32.5 Å². The Kier molecular flexibility index (Phi) is 8.16. The predicted molar refractivity (Wildman–Crippen MR) is 112 cm³/mol. The van der Waals surface area contributed by atoms with E-state index < -0.39 is 11.7 Å². The van der Waals surface area contributed by atoms with Gasteiger partial charge in [-0.3, -0.25) is 9.89 Å². The molecule has 0 aromatic heterocycles. The molecular weight excluding hydrogens is 393 g/mol. The molecule has 1 N–H and O–H groups in total. The fourth-order valence-corrected chi connectivity index (χ4v) is 3.75. The number of aliphatic imine (C=N–C) groups is 1. The summed E-state index contributed by atoms with van der Waals surface area (Å²) in [5.41, 5.74) is 1.52. The van der Waals surface area contributed by atoms with Crippen molar-refractivity contribution in [1.29, 1.82) is 0 Å². The molecule has 1 saturated heterocycles. The van der Waals surface area contributed by atoms with Gasteiger partial charge in [-0.2, -0.15) is 13.2 Å². The second kappa shape index (κ2) is 10.8. The average Bonchev–Trinajstić information content (AvgIpc) is 2.74. The van der Waals surface area contributed by atoms with E-state index in [0.29, 0.717) is 18.7 Å². The second-order valence-corrected chi connectivity index (χ2v) is 7.63. The zero-order valence-corrected chi connectivity index (χ0v) is 17.5. The fraction of sp³-hybridized carbons (Fsp3) is 0.591. The Morgan fingerprint density at radius 3 is 2.67 bits per heavy atom. The molecule has 0 saturated carbocycles. The van der Waals surface area contributed by atoms with E-state index >= 15 is 0 Å². The van der Waals surface area contributed by atoms with Crippen molar-refractivity contribution in [1.82, 2.24) is 15.1 Å². The van der Waals surface area contributed by atoms with Crippen LogP contribution in [0.3, 0.4) is 0 Å². The third-order valence-electron chi connectivity index (χ3n) is 5.42. The molecule has 2 heterocycles. The van der Waals surface area contributed by atoms with Gasteiger partial charge in [0, 0.05) is 45.8 Å². The minimum absolute atomic E-state index is 0.529. The maximum absolute atomic E-state index is 12.9. The Morgan fingerprint density at radius 1 is 1.20 bits per heavy atom. The molecule has 0 unspecified atom stereocenters. The Balaban J connectivity index is 1.51. The molecule has 1 aromatic carbocycles. The number of nitrogens with zero attached hydrogens (tertiary/aromatic N) is 3. The molecule has 8 heteroatoms. The number of ether oxygens (including phenoxy) is 1. The molecule has 3 rings (SSSR count). The minimum Gasteiger partial charge on any atom is -0.377 e. The number of alkyl halides is 3. The number of benzene rings is 1. The first-order valence-corrected chi connectivity index (χ1v) is 10.6. The van der Waals surface area contributed by atoms with Crippen molar-refractivity contribution in [3.05, 3.63) is 47.0 Å². The van der Waals surface area contributed by atoms with Gasteiger partial charge in [-0.1, -0.05) is 29.8 Å². The van der Waals surface area contributed by atoms with E-state index in [9.17, 15) is 13.2 Å². The van der Waals surface area contributed by atoms with Gasteiger partial charge >= 0.3 is 6.18 Å². The molecule has 0 atom stereocenters. The molecule has 2 aliphatic rings. The highest BCUT2D eigenvalue weighted by Gasteiger charge is 2.30. The zero-order valence-electron chi connectivity index (χ0n) is 17.5. The van der Waals surface area contributed by atoms with Gasteiger partial charge in [0.15, 0.2) is 5.96 Å². The van der Waals surface area contributed by atoms with Crippen LogP contribution in [0.5, 0.6) is 0 Å². The molecule has 166 valence electrons. The SMILES string of the molecule is CCNC(=NCCC1=CCOCC1)N1CCN(Cc2cccc(C(F)(F)F)c2)CC1. The lowest BCUT2D eigenvalue weighted by Gasteiger charge is -2.36. The largest absolute Gasteiger partial charge is 0.416 e. The van der Waals surface area contributed by atoms with E-state index in [1.807, 2.05) is 0 Å². The first-order valence-electron chi connectivity index (χ1n) is 10.6. The van der Waals surface area contributed by atoms with E-state index in [1.54, 1.807) is 6.07 Å². The van der Waals surface area contributed by atoms with Crippen LogP contribution in [-0.2, 0) is 17.5 Å². The van der Waals surface area contributed by atoms with Gasteiger partial charge in [-0.15, -0.1) is 0 Å². The zero-order chi connectivity index (χ0) is 21.4. The predicted octanol–water partition coefficient (Wildman–Crippen LogP) is 3.53. The Morgan fingerprint density at radius 2 is 2.00 bits per heavy atom. The van der Waals surface area contributed by atoms with Gasteiger partial charge in [-0.05, 0) is 31.4 Å². The number of hydrogen-bond donors (Lipinski definition) is 1. The van der Waals surface area contributed by atoms with Crippen molar-refractivity contribution in [2.24, 2.45) is 4.99 Å². The van der Waals surface area contributed by atoms with Crippen LogP contribution >= 0.6 is 0 Å². The normalized spacial score (nSPS) is 19.0. The van der Waals surface area contributed by atoms with Crippen LogP contribution < -0.4 is 5.32 Å². The molecule has 1 fully saturated rings. The van der Waals surface area contributed by atoms with E-state index in [0.717, 1.165) is 70.7 Å². The number of hydrogen-bond acceptors (Lipinski definition) is 3. The number of piperazine rings is 1. The van der Waals surface area contributed by atoms with Crippen molar-refractivity contribution in [2.75, 3.05) is 52.5 Å². The molecule has 0 amide bonds. The summed E-state index contributed by atoms with van der Waals surface area (Å²) in [6, 6.07) is 5.62. The van der Waals surface area contributed by atoms with Crippen molar-refractivity contribution in [3.63, 3.8) is 0 Å². The lowest BCUT2D eigenvalue weighted by molar-refractivity contribution is -0.137. The Labute approximate surface area is 176 Å². The summed E-state index contributed by atoms with van der Waals surface area (Å²) in [7, 11) is 0. The van der Waals surface area contributed by atoms with Crippen molar-refractivity contribution >= 4 is 5.96 Å². The highest BCUT2D eigenvalue weighted by Crippen LogP contribution is 2.29. The van der Waals surface area contributed by atoms with Crippen LogP contribution in [0.1, 0.15) is 30.9 Å². The van der Waals surface area contributed by atoms with Crippen LogP contribution in [0.2, 0.25) is 0 Å². The van der Waals surface area contributed by atoms with Gasteiger partial charge < -0.3 is 15.0 Å². The average molecular weight is 425 g/mol. The molecule has 30 heavy (non-hydrogen) atoms. The molecule has 5 nitrogen and oxygen atoms in total. The van der Waals surface area contributed by atoms with Gasteiger partial charge in [0.25, 0.3) is 0 Å². The highest BCUT2D eigenvalue weighted by molar-refractivity contribution is 5.80. The maximum atomic E-state index is 12.9. The van der Waals surface area contributed by atoms with Gasteiger partial charge in [0.05, 0.1) is 18.8 Å². The minimum atomic E-state index is -4.30. The fourth-order valence-electron chi connectivity index (χ4n) is 3.75. The van der Waals surface area contributed by atoms with Crippen LogP contribution in [-0.4, -0.2) is 68.2 Å². The molecule has 0 aliphatic carbocycles. The lowest BCUT2D eigenvalue weighted by Crippen LogP contribution is -2.52. The smallest absolute Gasteiger partial charge is 0.377 e. The van der Waals surface area contributed by atoms with E-state index in [4.69, 9.17) is 9.73 Å². The van der Waals surface area contributed by atoms with Crippen molar-refractivity contribution in [3.8, 4) is 0 Å². The molecule has 0 radical (unpaired) electrons. The summed E-state index contributed by atoms with van der Waals surface area (Å²) in [5.74, 6) is 0.920. The Bertz CT molecular complexity index is 740. The summed E-state index contributed by atoms with van der Waals surface area (Å²) >= 11 is 0. The van der Waals surface area contributed by atoms with Gasteiger partial charge in [0.1, 0.15) is 0 Å². The molecule has 2 aliphatic heterocycles. The molecule has 1 aromatic rings. The third-order valence-corrected chi connectivity index (χ3v) is 5.42. The van der Waals surface area contributed by atoms with Gasteiger partial charge in [-0.25, -0.2) is 0 Å². The summed E-state index contributed by atoms with van der Waals surface area (Å²) in [4.78, 5) is 9.22. The first kappa shape index (κ1) is 22.6. The standard InChI is InChI=1S/C22H31F3N4O/c1-2-26-21(27-9-6-18-7-14-30-15-8-18)29-12-10-28(11-13-29)17-19-4-3-5-20(16-19)22(23,24)25/h3-5,7,16H,2,6,8-15,17H2,1H3,(H,26,27). The van der Waals surface area contributed by atoms with Crippen LogP contribution in [0.15, 0.2) is 40.9 Å². The number of rotatable bonds is 6. The summed E-state index contributed by atoms with van der Waals surface area (Å²) in [6.45, 7) is 8.84. The first-order chi connectivity index (χ1) is 14.5. The van der Waals surface area contributed by atoms with Crippen LogP contribution in [0.25, 0.3) is 0 Å². The number of nitrogens with one attached hydrogen (secondary N) is 1. The Hall–Kier alpha value is -2.06. The molecule has 0 spiro atoms.